The Labute approximate surface area is 124 Å². The molecule has 3 nitrogen and oxygen atoms in total. The molecule has 0 amide bonds. The smallest absolute Gasteiger partial charge is 0.142 e. The van der Waals surface area contributed by atoms with Gasteiger partial charge in [0.2, 0.25) is 0 Å². The second-order valence-electron chi connectivity index (χ2n) is 4.53. The van der Waals surface area contributed by atoms with Gasteiger partial charge in [-0.2, -0.15) is 0 Å². The van der Waals surface area contributed by atoms with Gasteiger partial charge in [-0.05, 0) is 42.8 Å². The molecule has 1 atom stereocenters. The fraction of sp³-hybridized carbons (Fsp3) is 0.312. The Balaban J connectivity index is 2.38. The summed E-state index contributed by atoms with van der Waals surface area (Å²) in [5.41, 5.74) is 2.02. The molecule has 0 bridgehead atoms. The first-order valence-electron chi connectivity index (χ1n) is 6.74. The highest BCUT2D eigenvalue weighted by atomic mass is 35.5. The lowest BCUT2D eigenvalue weighted by molar-refractivity contribution is 0.400. The number of hydrogen-bond donors (Lipinski definition) is 1. The van der Waals surface area contributed by atoms with Gasteiger partial charge in [-0.25, -0.2) is 0 Å². The van der Waals surface area contributed by atoms with Crippen molar-refractivity contribution in [3.05, 3.63) is 58.9 Å². The molecule has 106 valence electrons. The van der Waals surface area contributed by atoms with Crippen LogP contribution in [0.25, 0.3) is 0 Å². The number of hydrogen-bond acceptors (Lipinski definition) is 3. The fourth-order valence-electron chi connectivity index (χ4n) is 2.11. The monoisotopic (exact) mass is 290 g/mol. The van der Waals surface area contributed by atoms with Crippen molar-refractivity contribution in [1.29, 1.82) is 0 Å². The van der Waals surface area contributed by atoms with E-state index in [9.17, 15) is 0 Å². The van der Waals surface area contributed by atoms with Gasteiger partial charge in [-0.3, -0.25) is 4.98 Å². The molecule has 0 saturated carbocycles. The zero-order chi connectivity index (χ0) is 14.4. The van der Waals surface area contributed by atoms with Crippen molar-refractivity contribution in [2.45, 2.75) is 19.4 Å². The lowest BCUT2D eigenvalue weighted by atomic mass is 10.0. The second-order valence-corrected chi connectivity index (χ2v) is 4.97. The van der Waals surface area contributed by atoms with Crippen LogP contribution in [0.4, 0.5) is 0 Å². The van der Waals surface area contributed by atoms with Crippen LogP contribution < -0.4 is 10.1 Å². The molecule has 0 aliphatic carbocycles. The molecule has 4 heteroatoms. The number of halogens is 1. The molecular formula is C16H19ClN2O. The Kier molecular flexibility index (Phi) is 5.39. The van der Waals surface area contributed by atoms with Gasteiger partial charge < -0.3 is 10.1 Å². The molecule has 1 N–H and O–H groups in total. The van der Waals surface area contributed by atoms with E-state index in [2.05, 4.69) is 17.2 Å². The van der Waals surface area contributed by atoms with E-state index in [0.29, 0.717) is 0 Å². The van der Waals surface area contributed by atoms with E-state index in [1.165, 1.54) is 0 Å². The Morgan fingerprint density at radius 3 is 2.65 bits per heavy atom. The molecule has 1 unspecified atom stereocenters. The lowest BCUT2D eigenvalue weighted by Gasteiger charge is -2.20. The minimum absolute atomic E-state index is 0.00312. The van der Waals surface area contributed by atoms with E-state index in [1.54, 1.807) is 13.3 Å². The molecule has 1 aromatic carbocycles. The Hall–Kier alpha value is -1.58. The Bertz CT molecular complexity index is 542. The number of methoxy groups -OCH3 is 1. The quantitative estimate of drug-likeness (QED) is 0.878. The van der Waals surface area contributed by atoms with Crippen LogP contribution in [-0.4, -0.2) is 18.6 Å². The molecule has 0 saturated heterocycles. The summed E-state index contributed by atoms with van der Waals surface area (Å²) in [6.07, 6.45) is 2.84. The summed E-state index contributed by atoms with van der Waals surface area (Å²) < 4.78 is 5.42. The number of aromatic nitrogens is 1. The van der Waals surface area contributed by atoms with Crippen LogP contribution in [0.3, 0.4) is 0 Å². The minimum Gasteiger partial charge on any atom is -0.495 e. The molecule has 1 aromatic heterocycles. The van der Waals surface area contributed by atoms with Crippen molar-refractivity contribution in [3.63, 3.8) is 0 Å². The van der Waals surface area contributed by atoms with Crippen molar-refractivity contribution in [2.75, 3.05) is 13.7 Å². The summed E-state index contributed by atoms with van der Waals surface area (Å²) in [6, 6.07) is 11.6. The fourth-order valence-corrected chi connectivity index (χ4v) is 2.23. The maximum atomic E-state index is 5.96. The summed E-state index contributed by atoms with van der Waals surface area (Å²) in [4.78, 5) is 4.48. The van der Waals surface area contributed by atoms with E-state index >= 15 is 0 Å². The predicted molar refractivity (Wildman–Crippen MR) is 82.4 cm³/mol. The standard InChI is InChI=1S/C16H19ClN2O/c1-3-10-18-15(12-6-8-13(17)9-7-12)16-14(20-2)5-4-11-19-16/h4-9,11,15,18H,3,10H2,1-2H3. The molecule has 2 rings (SSSR count). The van der Waals surface area contributed by atoms with Gasteiger partial charge in [0.15, 0.2) is 0 Å². The molecule has 0 aliphatic heterocycles. The van der Waals surface area contributed by atoms with E-state index < -0.39 is 0 Å². The number of benzene rings is 1. The van der Waals surface area contributed by atoms with Gasteiger partial charge in [0.25, 0.3) is 0 Å². The molecule has 0 aliphatic rings. The summed E-state index contributed by atoms with van der Waals surface area (Å²) in [5.74, 6) is 0.788. The molecule has 2 aromatic rings. The Morgan fingerprint density at radius 2 is 2.00 bits per heavy atom. The zero-order valence-corrected chi connectivity index (χ0v) is 12.5. The van der Waals surface area contributed by atoms with E-state index in [0.717, 1.165) is 35.0 Å². The van der Waals surface area contributed by atoms with Gasteiger partial charge in [0.05, 0.1) is 13.2 Å². The van der Waals surface area contributed by atoms with Crippen LogP contribution in [0.15, 0.2) is 42.6 Å². The first kappa shape index (κ1) is 14.8. The van der Waals surface area contributed by atoms with Crippen molar-refractivity contribution >= 4 is 11.6 Å². The highest BCUT2D eigenvalue weighted by Crippen LogP contribution is 2.28. The normalized spacial score (nSPS) is 12.2. The molecule has 0 spiro atoms. The third kappa shape index (κ3) is 3.50. The third-order valence-electron chi connectivity index (χ3n) is 3.09. The number of nitrogens with zero attached hydrogens (tertiary/aromatic N) is 1. The van der Waals surface area contributed by atoms with Crippen molar-refractivity contribution in [1.82, 2.24) is 10.3 Å². The van der Waals surface area contributed by atoms with Crippen molar-refractivity contribution in [3.8, 4) is 5.75 Å². The molecule has 0 radical (unpaired) electrons. The second kappa shape index (κ2) is 7.27. The van der Waals surface area contributed by atoms with E-state index in [-0.39, 0.29) is 6.04 Å². The zero-order valence-electron chi connectivity index (χ0n) is 11.8. The highest BCUT2D eigenvalue weighted by molar-refractivity contribution is 6.30. The van der Waals surface area contributed by atoms with Crippen LogP contribution in [0, 0.1) is 0 Å². The lowest BCUT2D eigenvalue weighted by Crippen LogP contribution is -2.24. The van der Waals surface area contributed by atoms with Gasteiger partial charge >= 0.3 is 0 Å². The van der Waals surface area contributed by atoms with Crippen LogP contribution in [0.1, 0.15) is 30.6 Å². The van der Waals surface area contributed by atoms with Crippen LogP contribution in [0.2, 0.25) is 5.02 Å². The van der Waals surface area contributed by atoms with Gasteiger partial charge in [-0.15, -0.1) is 0 Å². The van der Waals surface area contributed by atoms with Crippen LogP contribution in [0.5, 0.6) is 5.75 Å². The summed E-state index contributed by atoms with van der Waals surface area (Å²) in [5, 5.41) is 4.24. The maximum absolute atomic E-state index is 5.96. The Morgan fingerprint density at radius 1 is 1.25 bits per heavy atom. The summed E-state index contributed by atoms with van der Waals surface area (Å²) >= 11 is 5.96. The van der Waals surface area contributed by atoms with Gasteiger partial charge in [0.1, 0.15) is 11.4 Å². The predicted octanol–water partition coefficient (Wildman–Crippen LogP) is 3.83. The topological polar surface area (TPSA) is 34.2 Å². The average molecular weight is 291 g/mol. The number of rotatable bonds is 6. The van der Waals surface area contributed by atoms with Crippen LogP contribution in [-0.2, 0) is 0 Å². The van der Waals surface area contributed by atoms with Gasteiger partial charge in [0, 0.05) is 11.2 Å². The number of ether oxygens (including phenoxy) is 1. The molecule has 1 heterocycles. The molecular weight excluding hydrogens is 272 g/mol. The molecule has 20 heavy (non-hydrogen) atoms. The minimum atomic E-state index is 0.00312. The maximum Gasteiger partial charge on any atom is 0.142 e. The van der Waals surface area contributed by atoms with Crippen molar-refractivity contribution < 1.29 is 4.74 Å². The third-order valence-corrected chi connectivity index (χ3v) is 3.35. The molecule has 0 fully saturated rings. The largest absolute Gasteiger partial charge is 0.495 e. The first-order valence-corrected chi connectivity index (χ1v) is 7.11. The summed E-state index contributed by atoms with van der Waals surface area (Å²) in [6.45, 7) is 3.05. The number of pyridine rings is 1. The van der Waals surface area contributed by atoms with E-state index in [4.69, 9.17) is 16.3 Å². The van der Waals surface area contributed by atoms with Crippen molar-refractivity contribution in [2.24, 2.45) is 0 Å². The van der Waals surface area contributed by atoms with E-state index in [1.807, 2.05) is 36.4 Å². The van der Waals surface area contributed by atoms with Crippen LogP contribution >= 0.6 is 11.6 Å². The number of nitrogens with one attached hydrogen (secondary N) is 1. The first-order chi connectivity index (χ1) is 9.76. The average Bonchev–Trinajstić information content (AvgIpc) is 2.50. The highest BCUT2D eigenvalue weighted by Gasteiger charge is 2.18. The SMILES string of the molecule is CCCNC(c1ccc(Cl)cc1)c1ncccc1OC. The van der Waals surface area contributed by atoms with Gasteiger partial charge in [-0.1, -0.05) is 30.7 Å². The summed E-state index contributed by atoms with van der Waals surface area (Å²) in [7, 11) is 1.67.